The molecule has 2 aromatic carbocycles. The van der Waals surface area contributed by atoms with Crippen LogP contribution in [-0.2, 0) is 21.2 Å². The zero-order valence-corrected chi connectivity index (χ0v) is 19.1. The highest BCUT2D eigenvalue weighted by Crippen LogP contribution is 2.28. The molecule has 3 rings (SSSR count). The molecule has 1 heterocycles. The second-order valence-electron chi connectivity index (χ2n) is 7.77. The number of anilines is 2. The number of nitrogens with zero attached hydrogens (tertiary/aromatic N) is 2. The predicted molar refractivity (Wildman–Crippen MR) is 122 cm³/mol. The van der Waals surface area contributed by atoms with Crippen LogP contribution >= 0.6 is 0 Å². The van der Waals surface area contributed by atoms with Crippen LogP contribution in [0, 0.1) is 13.8 Å². The highest BCUT2D eigenvalue weighted by molar-refractivity contribution is 7.89. The summed E-state index contributed by atoms with van der Waals surface area (Å²) in [5, 5.41) is 2.92. The van der Waals surface area contributed by atoms with Crippen molar-refractivity contribution in [2.45, 2.75) is 45.4 Å². The Morgan fingerprint density at radius 1 is 1.10 bits per heavy atom. The zero-order valence-electron chi connectivity index (χ0n) is 18.2. The molecule has 0 saturated carbocycles. The summed E-state index contributed by atoms with van der Waals surface area (Å²) in [6.45, 7) is 9.45. The molecule has 0 saturated heterocycles. The average molecular weight is 430 g/mol. The van der Waals surface area contributed by atoms with Crippen molar-refractivity contribution in [3.05, 3.63) is 53.1 Å². The van der Waals surface area contributed by atoms with Gasteiger partial charge in [0.2, 0.25) is 15.9 Å². The lowest BCUT2D eigenvalue weighted by atomic mass is 9.99. The first kappa shape index (κ1) is 22.3. The van der Waals surface area contributed by atoms with Gasteiger partial charge in [0, 0.05) is 31.0 Å². The Hall–Kier alpha value is -2.38. The van der Waals surface area contributed by atoms with Crippen LogP contribution in [0.2, 0.25) is 0 Å². The topological polar surface area (TPSA) is 69.7 Å². The van der Waals surface area contributed by atoms with E-state index in [1.807, 2.05) is 20.8 Å². The average Bonchev–Trinajstić information content (AvgIpc) is 2.70. The van der Waals surface area contributed by atoms with Gasteiger partial charge in [0.15, 0.2) is 0 Å². The van der Waals surface area contributed by atoms with E-state index >= 15 is 0 Å². The molecule has 0 unspecified atom stereocenters. The Balaban J connectivity index is 1.78. The van der Waals surface area contributed by atoms with Crippen LogP contribution in [0.5, 0.6) is 0 Å². The van der Waals surface area contributed by atoms with Crippen LogP contribution in [0.4, 0.5) is 11.4 Å². The second-order valence-corrected chi connectivity index (χ2v) is 9.71. The lowest BCUT2D eigenvalue weighted by Crippen LogP contribution is -2.37. The third-order valence-electron chi connectivity index (χ3n) is 5.61. The summed E-state index contributed by atoms with van der Waals surface area (Å²) < 4.78 is 27.1. The third-order valence-corrected chi connectivity index (χ3v) is 7.66. The highest BCUT2D eigenvalue weighted by Gasteiger charge is 2.23. The molecule has 1 aliphatic heterocycles. The Morgan fingerprint density at radius 2 is 1.83 bits per heavy atom. The summed E-state index contributed by atoms with van der Waals surface area (Å²) in [5.41, 5.74) is 4.97. The van der Waals surface area contributed by atoms with Gasteiger partial charge in [-0.1, -0.05) is 37.6 Å². The van der Waals surface area contributed by atoms with Gasteiger partial charge in [0.25, 0.3) is 0 Å². The first-order chi connectivity index (χ1) is 14.3. The fourth-order valence-electron chi connectivity index (χ4n) is 3.94. The molecule has 2 aromatic rings. The van der Waals surface area contributed by atoms with E-state index in [2.05, 4.69) is 35.3 Å². The molecule has 0 bridgehead atoms. The van der Waals surface area contributed by atoms with Gasteiger partial charge in [-0.25, -0.2) is 8.42 Å². The summed E-state index contributed by atoms with van der Waals surface area (Å²) >= 11 is 0. The number of fused-ring (bicyclic) bond motifs is 1. The number of hydrogen-bond donors (Lipinski definition) is 1. The quantitative estimate of drug-likeness (QED) is 0.728. The Kier molecular flexibility index (Phi) is 6.83. The van der Waals surface area contributed by atoms with Crippen molar-refractivity contribution in [1.29, 1.82) is 0 Å². The zero-order chi connectivity index (χ0) is 21.9. The number of aryl methyl sites for hydroxylation is 3. The summed E-state index contributed by atoms with van der Waals surface area (Å²) in [6, 6.07) is 11.2. The van der Waals surface area contributed by atoms with Gasteiger partial charge in [-0.15, -0.1) is 0 Å². The SMILES string of the molecule is CCN(CC)S(=O)(=O)c1ccc(C)c(NC(=O)CN2CCCc3cc(C)ccc32)c1. The molecule has 0 spiro atoms. The number of carbonyl (C=O) groups excluding carboxylic acids is 1. The maximum absolute atomic E-state index is 12.8. The van der Waals surface area contributed by atoms with Gasteiger partial charge in [-0.2, -0.15) is 4.31 Å². The maximum Gasteiger partial charge on any atom is 0.243 e. The Labute approximate surface area is 179 Å². The molecular formula is C23H31N3O3S. The van der Waals surface area contributed by atoms with Crippen molar-refractivity contribution < 1.29 is 13.2 Å². The first-order valence-electron chi connectivity index (χ1n) is 10.5. The summed E-state index contributed by atoms with van der Waals surface area (Å²) in [5.74, 6) is -0.149. The number of benzene rings is 2. The van der Waals surface area contributed by atoms with E-state index in [1.54, 1.807) is 18.2 Å². The number of carbonyl (C=O) groups is 1. The van der Waals surface area contributed by atoms with Crippen LogP contribution in [0.15, 0.2) is 41.3 Å². The lowest BCUT2D eigenvalue weighted by Gasteiger charge is -2.31. The van der Waals surface area contributed by atoms with Crippen molar-refractivity contribution in [2.24, 2.45) is 0 Å². The third kappa shape index (κ3) is 4.68. The maximum atomic E-state index is 12.8. The van der Waals surface area contributed by atoms with Crippen LogP contribution in [0.3, 0.4) is 0 Å². The molecule has 0 aromatic heterocycles. The van der Waals surface area contributed by atoms with Gasteiger partial charge < -0.3 is 10.2 Å². The van der Waals surface area contributed by atoms with Crippen molar-refractivity contribution >= 4 is 27.3 Å². The molecule has 1 aliphatic rings. The van der Waals surface area contributed by atoms with E-state index in [4.69, 9.17) is 0 Å². The predicted octanol–water partition coefficient (Wildman–Crippen LogP) is 3.73. The molecule has 0 radical (unpaired) electrons. The molecule has 1 N–H and O–H groups in total. The fourth-order valence-corrected chi connectivity index (χ4v) is 5.42. The van der Waals surface area contributed by atoms with E-state index in [1.165, 1.54) is 15.4 Å². The van der Waals surface area contributed by atoms with Crippen molar-refractivity contribution in [3.8, 4) is 0 Å². The second kappa shape index (κ2) is 9.18. The minimum Gasteiger partial charge on any atom is -0.362 e. The number of rotatable bonds is 7. The number of nitrogens with one attached hydrogen (secondary N) is 1. The number of hydrogen-bond acceptors (Lipinski definition) is 4. The summed E-state index contributed by atoms with van der Waals surface area (Å²) in [4.78, 5) is 15.1. The highest BCUT2D eigenvalue weighted by atomic mass is 32.2. The molecule has 6 nitrogen and oxygen atoms in total. The molecule has 30 heavy (non-hydrogen) atoms. The van der Waals surface area contributed by atoms with Gasteiger partial charge in [-0.3, -0.25) is 4.79 Å². The number of sulfonamides is 1. The smallest absolute Gasteiger partial charge is 0.243 e. The number of amides is 1. The van der Waals surface area contributed by atoms with Crippen molar-refractivity contribution in [3.63, 3.8) is 0 Å². The molecule has 0 aliphatic carbocycles. The fraction of sp³-hybridized carbons (Fsp3) is 0.435. The van der Waals surface area contributed by atoms with E-state index in [-0.39, 0.29) is 17.3 Å². The standard InChI is InChI=1S/C23H31N3O3S/c1-5-26(6-2)30(28,29)20-11-10-18(4)21(15-20)24-23(27)16-25-13-7-8-19-14-17(3)9-12-22(19)25/h9-12,14-15H,5-8,13,16H2,1-4H3,(H,24,27). The van der Waals surface area contributed by atoms with E-state index in [0.29, 0.717) is 18.8 Å². The van der Waals surface area contributed by atoms with E-state index < -0.39 is 10.0 Å². The Morgan fingerprint density at radius 3 is 2.53 bits per heavy atom. The van der Waals surface area contributed by atoms with E-state index in [0.717, 1.165) is 30.6 Å². The molecule has 162 valence electrons. The largest absolute Gasteiger partial charge is 0.362 e. The molecule has 0 atom stereocenters. The molecule has 7 heteroatoms. The van der Waals surface area contributed by atoms with E-state index in [9.17, 15) is 13.2 Å². The van der Waals surface area contributed by atoms with Gasteiger partial charge in [0.1, 0.15) is 0 Å². The first-order valence-corrected chi connectivity index (χ1v) is 12.0. The van der Waals surface area contributed by atoms with Gasteiger partial charge >= 0.3 is 0 Å². The van der Waals surface area contributed by atoms with Crippen LogP contribution in [-0.4, -0.2) is 44.8 Å². The van der Waals surface area contributed by atoms with Gasteiger partial charge in [0.05, 0.1) is 11.4 Å². The van der Waals surface area contributed by atoms with Crippen molar-refractivity contribution in [1.82, 2.24) is 4.31 Å². The van der Waals surface area contributed by atoms with Crippen LogP contribution < -0.4 is 10.2 Å². The minimum atomic E-state index is -3.58. The molecule has 0 fully saturated rings. The van der Waals surface area contributed by atoms with Crippen molar-refractivity contribution in [2.75, 3.05) is 36.4 Å². The normalized spacial score (nSPS) is 14.0. The lowest BCUT2D eigenvalue weighted by molar-refractivity contribution is -0.115. The summed E-state index contributed by atoms with van der Waals surface area (Å²) in [6.07, 6.45) is 2.04. The monoisotopic (exact) mass is 429 g/mol. The molecule has 1 amide bonds. The molecular weight excluding hydrogens is 398 g/mol. The van der Waals surface area contributed by atoms with Gasteiger partial charge in [-0.05, 0) is 56.0 Å². The summed E-state index contributed by atoms with van der Waals surface area (Å²) in [7, 11) is -3.58. The van der Waals surface area contributed by atoms with Crippen LogP contribution in [0.1, 0.15) is 37.0 Å². The van der Waals surface area contributed by atoms with Crippen LogP contribution in [0.25, 0.3) is 0 Å². The Bertz CT molecular complexity index is 1030. The minimum absolute atomic E-state index is 0.149.